The fraction of sp³-hybridized carbons (Fsp3) is 0.320. The standard InChI is InChI=1S/C25H25F4N3O4/c1-15-21(16(2)32(31-15)12-19-8-4-5-10-20(19)23(34)35-3)30-22(33)18-9-6-7-17(11-18)13-36-14-25(28,29)24(26)27/h4-11,24H,12-14H2,1-3H3,(H,30,33). The highest BCUT2D eigenvalue weighted by Crippen LogP contribution is 2.24. The Balaban J connectivity index is 1.72. The highest BCUT2D eigenvalue weighted by atomic mass is 19.3. The molecule has 0 aliphatic carbocycles. The molecule has 0 bridgehead atoms. The van der Waals surface area contributed by atoms with E-state index < -0.39 is 30.8 Å². The van der Waals surface area contributed by atoms with Crippen molar-refractivity contribution < 1.29 is 36.6 Å². The number of hydrogen-bond donors (Lipinski definition) is 1. The first-order chi connectivity index (χ1) is 17.0. The Labute approximate surface area is 205 Å². The summed E-state index contributed by atoms with van der Waals surface area (Å²) in [6, 6.07) is 13.0. The van der Waals surface area contributed by atoms with Crippen molar-refractivity contribution >= 4 is 17.6 Å². The number of rotatable bonds is 10. The van der Waals surface area contributed by atoms with Crippen LogP contribution in [-0.2, 0) is 22.6 Å². The zero-order valence-corrected chi connectivity index (χ0v) is 19.9. The van der Waals surface area contributed by atoms with Gasteiger partial charge in [-0.3, -0.25) is 9.48 Å². The van der Waals surface area contributed by atoms with Gasteiger partial charge in [-0.1, -0.05) is 30.3 Å². The average molecular weight is 507 g/mol. The summed E-state index contributed by atoms with van der Waals surface area (Å²) in [7, 11) is 1.30. The van der Waals surface area contributed by atoms with Gasteiger partial charge in [-0.2, -0.15) is 13.9 Å². The molecule has 0 saturated heterocycles. The number of aryl methyl sites for hydroxylation is 1. The second-order valence-corrected chi connectivity index (χ2v) is 8.06. The third kappa shape index (κ3) is 6.28. The molecule has 0 atom stereocenters. The summed E-state index contributed by atoms with van der Waals surface area (Å²) < 4.78 is 61.8. The van der Waals surface area contributed by atoms with Gasteiger partial charge in [0.15, 0.2) is 0 Å². The van der Waals surface area contributed by atoms with Crippen LogP contribution >= 0.6 is 0 Å². The highest BCUT2D eigenvalue weighted by Gasteiger charge is 2.40. The number of alkyl halides is 4. The van der Waals surface area contributed by atoms with Gasteiger partial charge in [-0.05, 0) is 43.2 Å². The third-order valence-corrected chi connectivity index (χ3v) is 5.43. The van der Waals surface area contributed by atoms with Crippen LogP contribution in [0.2, 0.25) is 0 Å². The quantitative estimate of drug-likeness (QED) is 0.308. The zero-order valence-electron chi connectivity index (χ0n) is 19.9. The molecular weight excluding hydrogens is 482 g/mol. The van der Waals surface area contributed by atoms with Crippen molar-refractivity contribution in [2.75, 3.05) is 19.0 Å². The van der Waals surface area contributed by atoms with Crippen molar-refractivity contribution in [2.45, 2.75) is 39.3 Å². The number of benzene rings is 2. The van der Waals surface area contributed by atoms with Crippen LogP contribution in [0.25, 0.3) is 0 Å². The van der Waals surface area contributed by atoms with E-state index in [4.69, 9.17) is 9.47 Å². The fourth-order valence-corrected chi connectivity index (χ4v) is 3.52. The first-order valence-corrected chi connectivity index (χ1v) is 10.9. The summed E-state index contributed by atoms with van der Waals surface area (Å²) in [6.45, 7) is 1.96. The monoisotopic (exact) mass is 507 g/mol. The molecule has 1 N–H and O–H groups in total. The van der Waals surface area contributed by atoms with Crippen LogP contribution in [-0.4, -0.2) is 47.7 Å². The molecule has 0 aliphatic rings. The van der Waals surface area contributed by atoms with Gasteiger partial charge in [-0.15, -0.1) is 0 Å². The number of carbonyl (C=O) groups excluding carboxylic acids is 2. The Bertz CT molecular complexity index is 1240. The van der Waals surface area contributed by atoms with E-state index in [1.54, 1.807) is 42.8 Å². The molecule has 192 valence electrons. The molecular formula is C25H25F4N3O4. The lowest BCUT2D eigenvalue weighted by Gasteiger charge is -2.15. The van der Waals surface area contributed by atoms with Crippen LogP contribution in [0.5, 0.6) is 0 Å². The molecule has 1 aromatic heterocycles. The van der Waals surface area contributed by atoms with Crippen molar-refractivity contribution in [1.29, 1.82) is 0 Å². The number of esters is 1. The summed E-state index contributed by atoms with van der Waals surface area (Å²) in [5.74, 6) is -5.19. The minimum atomic E-state index is -4.25. The van der Waals surface area contributed by atoms with Crippen LogP contribution < -0.4 is 5.32 Å². The number of halogens is 4. The summed E-state index contributed by atoms with van der Waals surface area (Å²) in [6.07, 6.45) is -3.82. The van der Waals surface area contributed by atoms with Gasteiger partial charge < -0.3 is 14.8 Å². The van der Waals surface area contributed by atoms with Crippen LogP contribution in [0.1, 0.15) is 43.2 Å². The van der Waals surface area contributed by atoms with Crippen molar-refractivity contribution in [3.05, 3.63) is 82.2 Å². The first-order valence-electron chi connectivity index (χ1n) is 10.9. The molecule has 0 radical (unpaired) electrons. The molecule has 3 aromatic rings. The smallest absolute Gasteiger partial charge is 0.338 e. The van der Waals surface area contributed by atoms with E-state index in [-0.39, 0.29) is 18.7 Å². The van der Waals surface area contributed by atoms with Crippen molar-refractivity contribution in [2.24, 2.45) is 0 Å². The predicted octanol–water partition coefficient (Wildman–Crippen LogP) is 5.00. The molecule has 0 spiro atoms. The second kappa shape index (κ2) is 11.3. The summed E-state index contributed by atoms with van der Waals surface area (Å²) in [4.78, 5) is 24.9. The van der Waals surface area contributed by atoms with Crippen LogP contribution in [0.15, 0.2) is 48.5 Å². The summed E-state index contributed by atoms with van der Waals surface area (Å²) >= 11 is 0. The number of nitrogens with zero attached hydrogens (tertiary/aromatic N) is 2. The van der Waals surface area contributed by atoms with Crippen molar-refractivity contribution in [3.8, 4) is 0 Å². The molecule has 36 heavy (non-hydrogen) atoms. The molecule has 0 unspecified atom stereocenters. The lowest BCUT2D eigenvalue weighted by Crippen LogP contribution is -2.32. The number of amides is 1. The maximum absolute atomic E-state index is 13.0. The van der Waals surface area contributed by atoms with Crippen molar-refractivity contribution in [3.63, 3.8) is 0 Å². The van der Waals surface area contributed by atoms with E-state index in [1.165, 1.54) is 31.4 Å². The number of aromatic nitrogens is 2. The van der Waals surface area contributed by atoms with E-state index in [9.17, 15) is 27.2 Å². The number of nitrogens with one attached hydrogen (secondary N) is 1. The number of ether oxygens (including phenoxy) is 2. The Morgan fingerprint density at radius 1 is 1.11 bits per heavy atom. The number of hydrogen-bond acceptors (Lipinski definition) is 5. The maximum Gasteiger partial charge on any atom is 0.338 e. The van der Waals surface area contributed by atoms with Gasteiger partial charge in [0.2, 0.25) is 0 Å². The maximum atomic E-state index is 13.0. The Morgan fingerprint density at radius 2 is 1.83 bits per heavy atom. The largest absolute Gasteiger partial charge is 0.465 e. The first kappa shape index (κ1) is 26.9. The van der Waals surface area contributed by atoms with Gasteiger partial charge in [0.25, 0.3) is 5.91 Å². The van der Waals surface area contributed by atoms with Crippen molar-refractivity contribution in [1.82, 2.24) is 9.78 Å². The third-order valence-electron chi connectivity index (χ3n) is 5.43. The molecule has 1 amide bonds. The van der Waals surface area contributed by atoms with Gasteiger partial charge in [0.05, 0.1) is 42.9 Å². The van der Waals surface area contributed by atoms with Crippen LogP contribution in [0.3, 0.4) is 0 Å². The molecule has 7 nitrogen and oxygen atoms in total. The minimum absolute atomic E-state index is 0.222. The zero-order chi connectivity index (χ0) is 26.5. The Hall–Kier alpha value is -3.73. The Kier molecular flexibility index (Phi) is 8.46. The molecule has 1 heterocycles. The molecule has 0 saturated carbocycles. The van der Waals surface area contributed by atoms with Crippen LogP contribution in [0.4, 0.5) is 23.2 Å². The lowest BCUT2D eigenvalue weighted by molar-refractivity contribution is -0.168. The van der Waals surface area contributed by atoms with E-state index in [0.717, 1.165) is 0 Å². The van der Waals surface area contributed by atoms with Gasteiger partial charge in [0, 0.05) is 5.56 Å². The number of carbonyl (C=O) groups is 2. The SMILES string of the molecule is COC(=O)c1ccccc1Cn1nc(C)c(NC(=O)c2cccc(COCC(F)(F)C(F)F)c2)c1C. The highest BCUT2D eigenvalue weighted by molar-refractivity contribution is 6.05. The van der Waals surface area contributed by atoms with Gasteiger partial charge in [0.1, 0.15) is 6.61 Å². The van der Waals surface area contributed by atoms with Crippen LogP contribution in [0, 0.1) is 13.8 Å². The number of methoxy groups -OCH3 is 1. The van der Waals surface area contributed by atoms with E-state index in [1.807, 2.05) is 0 Å². The second-order valence-electron chi connectivity index (χ2n) is 8.06. The molecule has 0 aliphatic heterocycles. The normalized spacial score (nSPS) is 11.6. The van der Waals surface area contributed by atoms with Gasteiger partial charge in [-0.25, -0.2) is 13.6 Å². The molecule has 11 heteroatoms. The van der Waals surface area contributed by atoms with E-state index in [2.05, 4.69) is 10.4 Å². The lowest BCUT2D eigenvalue weighted by atomic mass is 10.1. The van der Waals surface area contributed by atoms with Gasteiger partial charge >= 0.3 is 18.3 Å². The molecule has 0 fully saturated rings. The number of anilines is 1. The Morgan fingerprint density at radius 3 is 2.53 bits per heavy atom. The predicted molar refractivity (Wildman–Crippen MR) is 124 cm³/mol. The minimum Gasteiger partial charge on any atom is -0.465 e. The van der Waals surface area contributed by atoms with E-state index >= 15 is 0 Å². The summed E-state index contributed by atoms with van der Waals surface area (Å²) in [5.41, 5.74) is 3.37. The molecule has 3 rings (SSSR count). The molecule has 2 aromatic carbocycles. The fourth-order valence-electron chi connectivity index (χ4n) is 3.52. The topological polar surface area (TPSA) is 82.5 Å². The summed E-state index contributed by atoms with van der Waals surface area (Å²) in [5, 5.41) is 7.27. The van der Waals surface area contributed by atoms with E-state index in [0.29, 0.717) is 33.8 Å². The average Bonchev–Trinajstić information content (AvgIpc) is 3.11.